The van der Waals surface area contributed by atoms with E-state index in [1.165, 1.54) is 34.8 Å². The van der Waals surface area contributed by atoms with Crippen molar-refractivity contribution in [3.05, 3.63) is 40.0 Å². The second kappa shape index (κ2) is 5.97. The van der Waals surface area contributed by atoms with Gasteiger partial charge in [-0.25, -0.2) is 9.97 Å². The van der Waals surface area contributed by atoms with Gasteiger partial charge in [-0.05, 0) is 30.8 Å². The summed E-state index contributed by atoms with van der Waals surface area (Å²) in [6.07, 6.45) is 5.30. The summed E-state index contributed by atoms with van der Waals surface area (Å²) in [5.41, 5.74) is 2.62. The van der Waals surface area contributed by atoms with Crippen LogP contribution in [-0.4, -0.2) is 34.5 Å². The van der Waals surface area contributed by atoms with Gasteiger partial charge in [0.15, 0.2) is 0 Å². The van der Waals surface area contributed by atoms with Gasteiger partial charge in [0.1, 0.15) is 12.1 Å². The molecule has 2 aliphatic rings. The molecule has 22 heavy (non-hydrogen) atoms. The van der Waals surface area contributed by atoms with Crippen LogP contribution in [0.4, 0.5) is 5.82 Å². The minimum Gasteiger partial charge on any atom is -0.348 e. The summed E-state index contributed by atoms with van der Waals surface area (Å²) in [5, 5.41) is 2.18. The molecule has 1 saturated heterocycles. The van der Waals surface area contributed by atoms with Crippen LogP contribution < -0.4 is 4.90 Å². The summed E-state index contributed by atoms with van der Waals surface area (Å²) in [6, 6.07) is 4.92. The summed E-state index contributed by atoms with van der Waals surface area (Å²) in [6.45, 7) is 6.56. The van der Waals surface area contributed by atoms with E-state index in [0.717, 1.165) is 32.6 Å². The molecule has 1 atom stereocenters. The quantitative estimate of drug-likeness (QED) is 0.870. The highest BCUT2D eigenvalue weighted by Crippen LogP contribution is 2.39. The van der Waals surface area contributed by atoms with Gasteiger partial charge in [0.05, 0.1) is 11.7 Å². The lowest BCUT2D eigenvalue weighted by molar-refractivity contribution is 0.265. The molecule has 0 aromatic carbocycles. The second-order valence-corrected chi connectivity index (χ2v) is 7.09. The first-order chi connectivity index (χ1) is 10.9. The van der Waals surface area contributed by atoms with E-state index in [9.17, 15) is 0 Å². The van der Waals surface area contributed by atoms with Crippen molar-refractivity contribution in [2.24, 2.45) is 0 Å². The zero-order valence-electron chi connectivity index (χ0n) is 13.0. The lowest BCUT2D eigenvalue weighted by atomic mass is 10.1. The van der Waals surface area contributed by atoms with E-state index in [0.29, 0.717) is 6.04 Å². The average molecular weight is 314 g/mol. The van der Waals surface area contributed by atoms with E-state index < -0.39 is 0 Å². The standard InChI is InChI=1S/C17H22N4S/c1-2-20-9-7-14-13(11-20)17(19-12-18-14)21-8-3-5-15(21)16-6-4-10-22-16/h4,6,10,12,15H,2-3,5,7-9,11H2,1H3/t15-/m0/s1. The Bertz CT molecular complexity index is 640. The fourth-order valence-electron chi connectivity index (χ4n) is 3.70. The molecule has 0 aliphatic carbocycles. The number of aromatic nitrogens is 2. The first-order valence-electron chi connectivity index (χ1n) is 8.22. The maximum absolute atomic E-state index is 4.70. The molecule has 2 aliphatic heterocycles. The van der Waals surface area contributed by atoms with Crippen molar-refractivity contribution in [3.63, 3.8) is 0 Å². The first kappa shape index (κ1) is 14.2. The van der Waals surface area contributed by atoms with Crippen LogP contribution >= 0.6 is 11.3 Å². The monoisotopic (exact) mass is 314 g/mol. The Morgan fingerprint density at radius 2 is 2.27 bits per heavy atom. The van der Waals surface area contributed by atoms with E-state index >= 15 is 0 Å². The molecule has 0 radical (unpaired) electrons. The van der Waals surface area contributed by atoms with Gasteiger partial charge >= 0.3 is 0 Å². The van der Waals surface area contributed by atoms with Gasteiger partial charge in [-0.3, -0.25) is 4.90 Å². The van der Waals surface area contributed by atoms with Gasteiger partial charge in [-0.15, -0.1) is 11.3 Å². The van der Waals surface area contributed by atoms with Crippen LogP contribution in [0.1, 0.15) is 41.9 Å². The Labute approximate surface area is 135 Å². The lowest BCUT2D eigenvalue weighted by Gasteiger charge is -2.32. The zero-order valence-corrected chi connectivity index (χ0v) is 13.9. The zero-order chi connectivity index (χ0) is 14.9. The van der Waals surface area contributed by atoms with Crippen molar-refractivity contribution >= 4 is 17.2 Å². The highest BCUT2D eigenvalue weighted by Gasteiger charge is 2.31. The number of likely N-dealkylation sites (N-methyl/N-ethyl adjacent to an activating group) is 1. The molecule has 0 N–H and O–H groups in total. The van der Waals surface area contributed by atoms with Crippen molar-refractivity contribution in [3.8, 4) is 0 Å². The number of thiophene rings is 1. The van der Waals surface area contributed by atoms with Gasteiger partial charge in [-0.2, -0.15) is 0 Å². The Kier molecular flexibility index (Phi) is 3.84. The smallest absolute Gasteiger partial charge is 0.137 e. The van der Waals surface area contributed by atoms with Crippen molar-refractivity contribution in [2.45, 2.75) is 38.8 Å². The Hall–Kier alpha value is -1.46. The van der Waals surface area contributed by atoms with Crippen LogP contribution in [0.2, 0.25) is 0 Å². The SMILES string of the molecule is CCN1CCc2ncnc(N3CCC[C@H]3c3cccs3)c2C1. The van der Waals surface area contributed by atoms with Gasteiger partial charge in [-0.1, -0.05) is 13.0 Å². The van der Waals surface area contributed by atoms with Crippen LogP contribution in [0, 0.1) is 0 Å². The molecule has 4 rings (SSSR count). The molecule has 5 heteroatoms. The summed E-state index contributed by atoms with van der Waals surface area (Å²) >= 11 is 1.87. The van der Waals surface area contributed by atoms with Crippen LogP contribution in [0.3, 0.4) is 0 Å². The Balaban J connectivity index is 1.70. The van der Waals surface area contributed by atoms with Crippen LogP contribution in [0.25, 0.3) is 0 Å². The molecule has 4 heterocycles. The van der Waals surface area contributed by atoms with Gasteiger partial charge in [0, 0.05) is 36.5 Å². The average Bonchev–Trinajstić information content (AvgIpc) is 3.24. The van der Waals surface area contributed by atoms with Crippen molar-refractivity contribution in [1.82, 2.24) is 14.9 Å². The number of fused-ring (bicyclic) bond motifs is 1. The largest absolute Gasteiger partial charge is 0.348 e. The molecule has 0 spiro atoms. The molecule has 2 aromatic rings. The van der Waals surface area contributed by atoms with E-state index in [2.05, 4.69) is 39.2 Å². The molecular weight excluding hydrogens is 292 g/mol. The maximum Gasteiger partial charge on any atom is 0.137 e. The topological polar surface area (TPSA) is 32.3 Å². The fourth-order valence-corrected chi connectivity index (χ4v) is 4.57. The molecule has 4 nitrogen and oxygen atoms in total. The number of rotatable bonds is 3. The van der Waals surface area contributed by atoms with E-state index in [1.807, 2.05) is 11.3 Å². The van der Waals surface area contributed by atoms with Crippen LogP contribution in [-0.2, 0) is 13.0 Å². The van der Waals surface area contributed by atoms with Gasteiger partial charge in [0.2, 0.25) is 0 Å². The van der Waals surface area contributed by atoms with Crippen LogP contribution in [0.5, 0.6) is 0 Å². The lowest BCUT2D eigenvalue weighted by Crippen LogP contribution is -2.34. The van der Waals surface area contributed by atoms with Gasteiger partial charge in [0.25, 0.3) is 0 Å². The molecule has 2 aromatic heterocycles. The minimum absolute atomic E-state index is 0.496. The van der Waals surface area contributed by atoms with Crippen molar-refractivity contribution in [1.29, 1.82) is 0 Å². The van der Waals surface area contributed by atoms with E-state index in [4.69, 9.17) is 4.98 Å². The Morgan fingerprint density at radius 1 is 1.32 bits per heavy atom. The predicted octanol–water partition coefficient (Wildman–Crippen LogP) is 3.26. The van der Waals surface area contributed by atoms with Crippen LogP contribution in [0.15, 0.2) is 23.8 Å². The van der Waals surface area contributed by atoms with Gasteiger partial charge < -0.3 is 4.90 Å². The molecule has 1 fully saturated rings. The third-order valence-electron chi connectivity index (χ3n) is 4.90. The second-order valence-electron chi connectivity index (χ2n) is 6.11. The first-order valence-corrected chi connectivity index (χ1v) is 9.10. The predicted molar refractivity (Wildman–Crippen MR) is 90.3 cm³/mol. The van der Waals surface area contributed by atoms with E-state index in [1.54, 1.807) is 6.33 Å². The number of hydrogen-bond acceptors (Lipinski definition) is 5. The summed E-state index contributed by atoms with van der Waals surface area (Å²) in [4.78, 5) is 15.7. The van der Waals surface area contributed by atoms with Crippen molar-refractivity contribution < 1.29 is 0 Å². The molecule has 116 valence electrons. The number of anilines is 1. The minimum atomic E-state index is 0.496. The number of hydrogen-bond donors (Lipinski definition) is 0. The summed E-state index contributed by atoms with van der Waals surface area (Å²) < 4.78 is 0. The molecule has 0 amide bonds. The third kappa shape index (κ3) is 2.42. The third-order valence-corrected chi connectivity index (χ3v) is 5.88. The molecule has 0 saturated carbocycles. The Morgan fingerprint density at radius 3 is 3.09 bits per heavy atom. The van der Waals surface area contributed by atoms with E-state index in [-0.39, 0.29) is 0 Å². The summed E-state index contributed by atoms with van der Waals surface area (Å²) in [7, 11) is 0. The maximum atomic E-state index is 4.70. The highest BCUT2D eigenvalue weighted by molar-refractivity contribution is 7.10. The number of nitrogens with zero attached hydrogens (tertiary/aromatic N) is 4. The normalized spacial score (nSPS) is 22.0. The summed E-state index contributed by atoms with van der Waals surface area (Å²) in [5.74, 6) is 1.18. The highest BCUT2D eigenvalue weighted by atomic mass is 32.1. The fraction of sp³-hybridized carbons (Fsp3) is 0.529. The molecular formula is C17H22N4S. The van der Waals surface area contributed by atoms with Crippen molar-refractivity contribution in [2.75, 3.05) is 24.5 Å². The molecule has 0 unspecified atom stereocenters. The molecule has 0 bridgehead atoms.